The van der Waals surface area contributed by atoms with Crippen molar-refractivity contribution in [2.75, 3.05) is 13.1 Å². The molecule has 1 aliphatic heterocycles. The molecule has 0 aromatic carbocycles. The molecule has 1 heterocycles. The molecule has 3 nitrogen and oxygen atoms in total. The Labute approximate surface area is 134 Å². The van der Waals surface area contributed by atoms with E-state index in [4.69, 9.17) is 5.73 Å². The van der Waals surface area contributed by atoms with Gasteiger partial charge in [-0.3, -0.25) is 4.79 Å². The SMILES string of the molecule is Cl.NCC1CCCCN1C(=O)C1C2CC3CC(C2)CC1C3. The van der Waals surface area contributed by atoms with Crippen LogP contribution < -0.4 is 5.73 Å². The van der Waals surface area contributed by atoms with Crippen molar-refractivity contribution < 1.29 is 4.79 Å². The lowest BCUT2D eigenvalue weighted by atomic mass is 9.51. The van der Waals surface area contributed by atoms with Crippen molar-refractivity contribution in [3.63, 3.8) is 0 Å². The predicted octanol–water partition coefficient (Wildman–Crippen LogP) is 2.82. The molecule has 1 amide bonds. The summed E-state index contributed by atoms with van der Waals surface area (Å²) in [5.74, 6) is 4.16. The number of nitrogens with zero attached hydrogens (tertiary/aromatic N) is 1. The lowest BCUT2D eigenvalue weighted by Gasteiger charge is -2.55. The van der Waals surface area contributed by atoms with Gasteiger partial charge in [-0.25, -0.2) is 0 Å². The van der Waals surface area contributed by atoms with Gasteiger partial charge < -0.3 is 10.6 Å². The zero-order chi connectivity index (χ0) is 13.7. The molecule has 120 valence electrons. The van der Waals surface area contributed by atoms with Crippen molar-refractivity contribution in [1.82, 2.24) is 4.90 Å². The van der Waals surface area contributed by atoms with Crippen molar-refractivity contribution in [1.29, 1.82) is 0 Å². The fraction of sp³-hybridized carbons (Fsp3) is 0.941. The number of carbonyl (C=O) groups is 1. The molecule has 0 radical (unpaired) electrons. The third kappa shape index (κ3) is 2.61. The fourth-order valence-electron chi connectivity index (χ4n) is 6.06. The second-order valence-corrected chi connectivity index (χ2v) is 7.87. The maximum atomic E-state index is 13.1. The van der Waals surface area contributed by atoms with Crippen LogP contribution in [-0.2, 0) is 4.79 Å². The molecule has 1 unspecified atom stereocenters. The molecule has 4 aliphatic carbocycles. The van der Waals surface area contributed by atoms with E-state index < -0.39 is 0 Å². The first-order valence-corrected chi connectivity index (χ1v) is 8.76. The summed E-state index contributed by atoms with van der Waals surface area (Å²) in [7, 11) is 0. The second-order valence-electron chi connectivity index (χ2n) is 7.87. The standard InChI is InChI=1S/C17H28N2O.ClH/c18-10-15-3-1-2-4-19(15)17(20)16-13-6-11-5-12(8-13)9-14(16)7-11;/h11-16H,1-10,18H2;1H. The summed E-state index contributed by atoms with van der Waals surface area (Å²) in [5, 5.41) is 0. The number of piperidine rings is 1. The van der Waals surface area contributed by atoms with Gasteiger partial charge in [-0.15, -0.1) is 12.4 Å². The topological polar surface area (TPSA) is 46.3 Å². The lowest BCUT2D eigenvalue weighted by Crippen LogP contribution is -2.56. The molecule has 21 heavy (non-hydrogen) atoms. The van der Waals surface area contributed by atoms with Gasteiger partial charge in [0.25, 0.3) is 0 Å². The Morgan fingerprint density at radius 1 is 1.00 bits per heavy atom. The third-order valence-corrected chi connectivity index (χ3v) is 6.69. The van der Waals surface area contributed by atoms with Gasteiger partial charge in [0.05, 0.1) is 0 Å². The molecule has 1 atom stereocenters. The molecule has 5 fully saturated rings. The van der Waals surface area contributed by atoms with Crippen LogP contribution in [0.2, 0.25) is 0 Å². The highest BCUT2D eigenvalue weighted by atomic mass is 35.5. The van der Waals surface area contributed by atoms with Crippen LogP contribution in [0.25, 0.3) is 0 Å². The van der Waals surface area contributed by atoms with Crippen LogP contribution in [0, 0.1) is 29.6 Å². The van der Waals surface area contributed by atoms with E-state index in [0.29, 0.717) is 36.2 Å². The summed E-state index contributed by atoms with van der Waals surface area (Å²) < 4.78 is 0. The first-order chi connectivity index (χ1) is 9.76. The van der Waals surface area contributed by atoms with Crippen LogP contribution in [0.3, 0.4) is 0 Å². The minimum atomic E-state index is 0. The predicted molar refractivity (Wildman–Crippen MR) is 86.2 cm³/mol. The van der Waals surface area contributed by atoms with E-state index >= 15 is 0 Å². The van der Waals surface area contributed by atoms with Gasteiger partial charge in [0.15, 0.2) is 0 Å². The van der Waals surface area contributed by atoms with Gasteiger partial charge in [-0.2, -0.15) is 0 Å². The molecule has 0 aromatic heterocycles. The Kier molecular flexibility index (Phi) is 4.52. The molecular weight excluding hydrogens is 284 g/mol. The van der Waals surface area contributed by atoms with Gasteiger partial charge in [0, 0.05) is 25.0 Å². The number of halogens is 1. The van der Waals surface area contributed by atoms with Crippen molar-refractivity contribution in [2.24, 2.45) is 35.3 Å². The van der Waals surface area contributed by atoms with Crippen LogP contribution in [0.5, 0.6) is 0 Å². The molecule has 5 aliphatic rings. The number of hydrogen-bond donors (Lipinski definition) is 1. The summed E-state index contributed by atoms with van der Waals surface area (Å²) in [6.07, 6.45) is 10.4. The first-order valence-electron chi connectivity index (χ1n) is 8.76. The molecule has 4 bridgehead atoms. The monoisotopic (exact) mass is 312 g/mol. The smallest absolute Gasteiger partial charge is 0.226 e. The number of carbonyl (C=O) groups excluding carboxylic acids is 1. The van der Waals surface area contributed by atoms with Gasteiger partial charge in [0.1, 0.15) is 0 Å². The summed E-state index contributed by atoms with van der Waals surface area (Å²) in [4.78, 5) is 15.3. The van der Waals surface area contributed by atoms with Crippen molar-refractivity contribution in [2.45, 2.75) is 57.4 Å². The zero-order valence-electron chi connectivity index (χ0n) is 12.9. The van der Waals surface area contributed by atoms with Gasteiger partial charge in [0.2, 0.25) is 5.91 Å². The Bertz CT molecular complexity index is 372. The Hall–Kier alpha value is -0.280. The first kappa shape index (κ1) is 15.6. The molecule has 1 saturated heterocycles. The summed E-state index contributed by atoms with van der Waals surface area (Å²) in [6.45, 7) is 1.61. The minimum absolute atomic E-state index is 0. The summed E-state index contributed by atoms with van der Waals surface area (Å²) in [5.41, 5.74) is 5.91. The molecule has 4 heteroatoms. The number of likely N-dealkylation sites (tertiary alicyclic amines) is 1. The molecule has 4 saturated carbocycles. The molecule has 0 aromatic rings. The molecule has 5 rings (SSSR count). The second kappa shape index (κ2) is 6.08. The van der Waals surface area contributed by atoms with Crippen LogP contribution in [-0.4, -0.2) is 29.9 Å². The van der Waals surface area contributed by atoms with Crippen LogP contribution in [0.4, 0.5) is 0 Å². The maximum absolute atomic E-state index is 13.1. The third-order valence-electron chi connectivity index (χ3n) is 6.69. The zero-order valence-corrected chi connectivity index (χ0v) is 13.7. The van der Waals surface area contributed by atoms with Crippen LogP contribution >= 0.6 is 12.4 Å². The van der Waals surface area contributed by atoms with E-state index in [2.05, 4.69) is 4.90 Å². The molecular formula is C17H29ClN2O. The number of amides is 1. The highest BCUT2D eigenvalue weighted by molar-refractivity contribution is 5.85. The van der Waals surface area contributed by atoms with Gasteiger partial charge >= 0.3 is 0 Å². The lowest BCUT2D eigenvalue weighted by molar-refractivity contribution is -0.152. The highest BCUT2D eigenvalue weighted by Crippen LogP contribution is 2.57. The Morgan fingerprint density at radius 3 is 2.19 bits per heavy atom. The van der Waals surface area contributed by atoms with E-state index in [1.165, 1.54) is 44.9 Å². The molecule has 2 N–H and O–H groups in total. The van der Waals surface area contributed by atoms with Gasteiger partial charge in [-0.1, -0.05) is 0 Å². The van der Waals surface area contributed by atoms with E-state index in [1.807, 2.05) is 0 Å². The van der Waals surface area contributed by atoms with Crippen molar-refractivity contribution in [3.8, 4) is 0 Å². The van der Waals surface area contributed by atoms with Gasteiger partial charge in [-0.05, 0) is 75.0 Å². The van der Waals surface area contributed by atoms with Crippen molar-refractivity contribution >= 4 is 18.3 Å². The summed E-state index contributed by atoms with van der Waals surface area (Å²) in [6, 6.07) is 0.327. The van der Waals surface area contributed by atoms with E-state index in [0.717, 1.165) is 24.8 Å². The van der Waals surface area contributed by atoms with E-state index in [-0.39, 0.29) is 12.4 Å². The quantitative estimate of drug-likeness (QED) is 0.852. The largest absolute Gasteiger partial charge is 0.338 e. The fourth-order valence-corrected chi connectivity index (χ4v) is 6.06. The average Bonchev–Trinajstić information content (AvgIpc) is 2.46. The Morgan fingerprint density at radius 2 is 1.62 bits per heavy atom. The highest BCUT2D eigenvalue weighted by Gasteiger charge is 2.52. The van der Waals surface area contributed by atoms with Crippen LogP contribution in [0.1, 0.15) is 51.4 Å². The van der Waals surface area contributed by atoms with Crippen molar-refractivity contribution in [3.05, 3.63) is 0 Å². The maximum Gasteiger partial charge on any atom is 0.226 e. The Balaban J connectivity index is 0.00000132. The van der Waals surface area contributed by atoms with E-state index in [9.17, 15) is 4.79 Å². The minimum Gasteiger partial charge on any atom is -0.338 e. The number of nitrogens with two attached hydrogens (primary N) is 1. The normalized spacial score (nSPS) is 44.5. The number of hydrogen-bond acceptors (Lipinski definition) is 2. The van der Waals surface area contributed by atoms with Crippen LogP contribution in [0.15, 0.2) is 0 Å². The number of rotatable bonds is 2. The average molecular weight is 313 g/mol. The summed E-state index contributed by atoms with van der Waals surface area (Å²) >= 11 is 0. The van der Waals surface area contributed by atoms with E-state index in [1.54, 1.807) is 0 Å². The molecule has 0 spiro atoms.